The van der Waals surface area contributed by atoms with Gasteiger partial charge >= 0.3 is 0 Å². The molecule has 0 spiro atoms. The highest BCUT2D eigenvalue weighted by Gasteiger charge is 2.20. The molecule has 1 aromatic carbocycles. The van der Waals surface area contributed by atoms with Crippen molar-refractivity contribution in [3.63, 3.8) is 0 Å². The van der Waals surface area contributed by atoms with Gasteiger partial charge in [0.15, 0.2) is 11.5 Å². The SMILES string of the molecule is CC(C)CCCC(O)c1cc(Br)c2c(c1)OCO2. The zero-order valence-corrected chi connectivity index (χ0v) is 12.4. The van der Waals surface area contributed by atoms with E-state index >= 15 is 0 Å². The smallest absolute Gasteiger partial charge is 0.231 e. The normalized spacial score (nSPS) is 15.2. The molecular formula is C14H19BrO3. The van der Waals surface area contributed by atoms with Crippen molar-refractivity contribution in [2.75, 3.05) is 6.79 Å². The maximum absolute atomic E-state index is 10.2. The predicted molar refractivity (Wildman–Crippen MR) is 73.9 cm³/mol. The molecule has 0 radical (unpaired) electrons. The molecular weight excluding hydrogens is 296 g/mol. The first-order valence-electron chi connectivity index (χ1n) is 6.35. The number of hydrogen-bond donors (Lipinski definition) is 1. The number of rotatable bonds is 5. The monoisotopic (exact) mass is 314 g/mol. The largest absolute Gasteiger partial charge is 0.454 e. The van der Waals surface area contributed by atoms with Crippen molar-refractivity contribution < 1.29 is 14.6 Å². The van der Waals surface area contributed by atoms with E-state index in [1.54, 1.807) is 0 Å². The van der Waals surface area contributed by atoms with E-state index in [2.05, 4.69) is 29.8 Å². The van der Waals surface area contributed by atoms with Gasteiger partial charge in [-0.2, -0.15) is 0 Å². The van der Waals surface area contributed by atoms with Crippen molar-refractivity contribution in [3.8, 4) is 11.5 Å². The van der Waals surface area contributed by atoms with E-state index in [0.717, 1.165) is 35.0 Å². The average molecular weight is 315 g/mol. The first-order chi connectivity index (χ1) is 8.58. The second kappa shape index (κ2) is 5.93. The first-order valence-corrected chi connectivity index (χ1v) is 7.14. The Hall–Kier alpha value is -0.740. The van der Waals surface area contributed by atoms with E-state index in [-0.39, 0.29) is 6.79 Å². The van der Waals surface area contributed by atoms with E-state index < -0.39 is 6.10 Å². The van der Waals surface area contributed by atoms with Gasteiger partial charge in [-0.15, -0.1) is 0 Å². The molecule has 2 rings (SSSR count). The Kier molecular flexibility index (Phi) is 4.51. The third kappa shape index (κ3) is 3.18. The molecule has 4 heteroatoms. The van der Waals surface area contributed by atoms with Crippen molar-refractivity contribution in [1.82, 2.24) is 0 Å². The topological polar surface area (TPSA) is 38.7 Å². The number of hydrogen-bond acceptors (Lipinski definition) is 3. The Morgan fingerprint density at radius 2 is 2.06 bits per heavy atom. The molecule has 0 fully saturated rings. The minimum atomic E-state index is -0.436. The Labute approximate surface area is 116 Å². The summed E-state index contributed by atoms with van der Waals surface area (Å²) < 4.78 is 11.5. The summed E-state index contributed by atoms with van der Waals surface area (Å²) >= 11 is 3.44. The number of halogens is 1. The van der Waals surface area contributed by atoms with Crippen LogP contribution in [-0.2, 0) is 0 Å². The second-order valence-corrected chi connectivity index (χ2v) is 5.93. The summed E-state index contributed by atoms with van der Waals surface area (Å²) in [5.74, 6) is 2.12. The van der Waals surface area contributed by atoms with E-state index in [4.69, 9.17) is 9.47 Å². The summed E-state index contributed by atoms with van der Waals surface area (Å²) in [7, 11) is 0. The average Bonchev–Trinajstić information content (AvgIpc) is 2.76. The molecule has 0 saturated carbocycles. The molecule has 0 bridgehead atoms. The fourth-order valence-corrected chi connectivity index (χ4v) is 2.64. The Morgan fingerprint density at radius 1 is 1.28 bits per heavy atom. The predicted octanol–water partition coefficient (Wildman–Crippen LogP) is 4.04. The zero-order valence-electron chi connectivity index (χ0n) is 10.8. The van der Waals surface area contributed by atoms with Crippen LogP contribution in [0.25, 0.3) is 0 Å². The van der Waals surface area contributed by atoms with Gasteiger partial charge in [0.25, 0.3) is 0 Å². The van der Waals surface area contributed by atoms with Gasteiger partial charge in [-0.1, -0.05) is 26.7 Å². The summed E-state index contributed by atoms with van der Waals surface area (Å²) in [5.41, 5.74) is 0.884. The molecule has 18 heavy (non-hydrogen) atoms. The van der Waals surface area contributed by atoms with E-state index in [0.29, 0.717) is 11.7 Å². The number of aliphatic hydroxyl groups is 1. The number of aliphatic hydroxyl groups excluding tert-OH is 1. The third-order valence-corrected chi connectivity index (χ3v) is 3.68. The minimum Gasteiger partial charge on any atom is -0.454 e. The van der Waals surface area contributed by atoms with Crippen molar-refractivity contribution in [3.05, 3.63) is 22.2 Å². The lowest BCUT2D eigenvalue weighted by Crippen LogP contribution is -1.99. The van der Waals surface area contributed by atoms with Crippen molar-refractivity contribution in [2.45, 2.75) is 39.2 Å². The lowest BCUT2D eigenvalue weighted by molar-refractivity contribution is 0.160. The third-order valence-electron chi connectivity index (χ3n) is 3.09. The number of ether oxygens (including phenoxy) is 2. The summed E-state index contributed by atoms with van der Waals surface area (Å²) in [6, 6.07) is 3.78. The first kappa shape index (κ1) is 13.7. The second-order valence-electron chi connectivity index (χ2n) is 5.08. The van der Waals surface area contributed by atoms with Crippen LogP contribution >= 0.6 is 15.9 Å². The maximum atomic E-state index is 10.2. The van der Waals surface area contributed by atoms with Crippen LogP contribution in [0.15, 0.2) is 16.6 Å². The lowest BCUT2D eigenvalue weighted by atomic mass is 10.00. The minimum absolute atomic E-state index is 0.251. The quantitative estimate of drug-likeness (QED) is 0.891. The van der Waals surface area contributed by atoms with Gasteiger partial charge in [-0.3, -0.25) is 0 Å². The summed E-state index contributed by atoms with van der Waals surface area (Å²) in [5, 5.41) is 10.2. The van der Waals surface area contributed by atoms with Crippen molar-refractivity contribution in [1.29, 1.82) is 0 Å². The van der Waals surface area contributed by atoms with Gasteiger partial charge in [0.2, 0.25) is 6.79 Å². The van der Waals surface area contributed by atoms with E-state index in [1.165, 1.54) is 0 Å². The highest BCUT2D eigenvalue weighted by molar-refractivity contribution is 9.10. The van der Waals surface area contributed by atoms with E-state index in [1.807, 2.05) is 12.1 Å². The Morgan fingerprint density at radius 3 is 2.78 bits per heavy atom. The van der Waals surface area contributed by atoms with Gasteiger partial charge in [0.1, 0.15) is 0 Å². The molecule has 1 aliphatic heterocycles. The molecule has 1 unspecified atom stereocenters. The maximum Gasteiger partial charge on any atom is 0.231 e. The van der Waals surface area contributed by atoms with Gasteiger partial charge in [-0.05, 0) is 46.0 Å². The van der Waals surface area contributed by atoms with Crippen LogP contribution < -0.4 is 9.47 Å². The number of benzene rings is 1. The van der Waals surface area contributed by atoms with Gasteiger partial charge < -0.3 is 14.6 Å². The van der Waals surface area contributed by atoms with E-state index in [9.17, 15) is 5.11 Å². The van der Waals surface area contributed by atoms with Crippen LogP contribution in [0.5, 0.6) is 11.5 Å². The standard InChI is InChI=1S/C14H19BrO3/c1-9(2)4-3-5-12(16)10-6-11(15)14-13(7-10)17-8-18-14/h6-7,9,12,16H,3-5,8H2,1-2H3. The molecule has 0 saturated heterocycles. The van der Waals surface area contributed by atoms with Crippen LogP contribution in [0.1, 0.15) is 44.8 Å². The molecule has 1 aromatic rings. The summed E-state index contributed by atoms with van der Waals surface area (Å²) in [6.45, 7) is 4.65. The molecule has 0 aromatic heterocycles. The fourth-order valence-electron chi connectivity index (χ4n) is 2.07. The Bertz CT molecular complexity index is 418. The van der Waals surface area contributed by atoms with Gasteiger partial charge in [0, 0.05) is 0 Å². The molecule has 100 valence electrons. The molecule has 1 aliphatic rings. The Balaban J connectivity index is 2.02. The number of fused-ring (bicyclic) bond motifs is 1. The highest BCUT2D eigenvalue weighted by atomic mass is 79.9. The fraction of sp³-hybridized carbons (Fsp3) is 0.571. The summed E-state index contributed by atoms with van der Waals surface area (Å²) in [6.07, 6.45) is 2.52. The molecule has 0 aliphatic carbocycles. The van der Waals surface area contributed by atoms with Crippen LogP contribution in [0.4, 0.5) is 0 Å². The van der Waals surface area contributed by atoms with Gasteiger partial charge in [-0.25, -0.2) is 0 Å². The molecule has 0 amide bonds. The molecule has 1 N–H and O–H groups in total. The van der Waals surface area contributed by atoms with Crippen molar-refractivity contribution >= 4 is 15.9 Å². The molecule has 1 atom stereocenters. The van der Waals surface area contributed by atoms with Crippen LogP contribution in [0.2, 0.25) is 0 Å². The van der Waals surface area contributed by atoms with Crippen LogP contribution in [0.3, 0.4) is 0 Å². The van der Waals surface area contributed by atoms with Gasteiger partial charge in [0.05, 0.1) is 10.6 Å². The molecule has 3 nitrogen and oxygen atoms in total. The van der Waals surface area contributed by atoms with Crippen molar-refractivity contribution in [2.24, 2.45) is 5.92 Å². The zero-order chi connectivity index (χ0) is 13.1. The highest BCUT2D eigenvalue weighted by Crippen LogP contribution is 2.41. The van der Waals surface area contributed by atoms with Crippen LogP contribution in [-0.4, -0.2) is 11.9 Å². The summed E-state index contributed by atoms with van der Waals surface area (Å²) in [4.78, 5) is 0. The lowest BCUT2D eigenvalue weighted by Gasteiger charge is -2.13. The van der Waals surface area contributed by atoms with Crippen LogP contribution in [0, 0.1) is 5.92 Å². The molecule has 1 heterocycles.